The third-order valence-electron chi connectivity index (χ3n) is 18.4. The van der Waals surface area contributed by atoms with E-state index in [1.54, 1.807) is 0 Å². The van der Waals surface area contributed by atoms with Gasteiger partial charge in [0.2, 0.25) is 0 Å². The van der Waals surface area contributed by atoms with E-state index in [0.29, 0.717) is 12.8 Å². The van der Waals surface area contributed by atoms with Crippen LogP contribution in [0.2, 0.25) is 0 Å². The van der Waals surface area contributed by atoms with Crippen LogP contribution in [0.3, 0.4) is 0 Å². The Morgan fingerprint density at radius 3 is 0.750 bits per heavy atom. The molecule has 0 spiro atoms. The molecule has 0 aliphatic heterocycles. The second-order valence-electron chi connectivity index (χ2n) is 30.5. The van der Waals surface area contributed by atoms with Gasteiger partial charge < -0.3 is 83.3 Å². The topological polar surface area (TPSA) is 468 Å². The molecule has 0 aliphatic rings. The summed E-state index contributed by atoms with van der Waals surface area (Å²) in [5, 5.41) is 18.8. The van der Waals surface area contributed by atoms with Crippen LogP contribution in [0.15, 0.2) is 48.6 Å². The number of hydrogen-bond acceptors (Lipinski definition) is 22. The summed E-state index contributed by atoms with van der Waals surface area (Å²) in [7, 11) is -18.7. The maximum absolute atomic E-state index is 11.8. The number of aliphatic hydroxyl groups excluding tert-OH is 2. The van der Waals surface area contributed by atoms with Crippen LogP contribution in [0.25, 0.3) is 0 Å². The van der Waals surface area contributed by atoms with Gasteiger partial charge in [-0.2, -0.15) is 0 Å². The summed E-state index contributed by atoms with van der Waals surface area (Å²) < 4.78 is 83.4. The van der Waals surface area contributed by atoms with E-state index in [1.807, 2.05) is 0 Å². The zero-order valence-electron chi connectivity index (χ0n) is 74.8. The van der Waals surface area contributed by atoms with E-state index < -0.39 is 99.3 Å². The third-order valence-corrected chi connectivity index (χ3v) is 20.3. The number of carbonyl (C=O) groups is 5. The fourth-order valence-electron chi connectivity index (χ4n) is 11.6. The molecule has 0 amide bonds. The van der Waals surface area contributed by atoms with Crippen LogP contribution in [-0.2, 0) is 84.0 Å². The van der Waals surface area contributed by atoms with Gasteiger partial charge in [-0.1, -0.05) is 282 Å². The fraction of sp³-hybridized carbons (Fsp3) is 0.849. The monoisotopic (exact) mass is 1810 g/mol. The summed E-state index contributed by atoms with van der Waals surface area (Å²) in [6.07, 6.45) is 77.6. The van der Waals surface area contributed by atoms with E-state index in [-0.39, 0.29) is 87.8 Å². The average Bonchev–Trinajstić information content (AvgIpc) is 0.941. The summed E-state index contributed by atoms with van der Waals surface area (Å²) in [5.74, 6) is -2.28. The molecule has 0 fully saturated rings. The van der Waals surface area contributed by atoms with E-state index in [0.717, 1.165) is 135 Å². The molecule has 0 aromatic rings. The predicted octanol–water partition coefficient (Wildman–Crippen LogP) is 17.1. The van der Waals surface area contributed by atoms with Crippen molar-refractivity contribution in [1.29, 1.82) is 0 Å². The summed E-state index contributed by atoms with van der Waals surface area (Å²) in [6.45, 7) is 6.89. The smallest absolute Gasteiger partial charge is 0.756 e. The molecule has 0 saturated carbocycles. The Kier molecular flexibility index (Phi) is 97.5. The van der Waals surface area contributed by atoms with Crippen molar-refractivity contribution in [1.82, 2.24) is 0 Å². The van der Waals surface area contributed by atoms with Crippen LogP contribution < -0.4 is 40.2 Å². The number of esters is 5. The van der Waals surface area contributed by atoms with Gasteiger partial charge in [-0.15, -0.1) is 0 Å². The van der Waals surface area contributed by atoms with E-state index >= 15 is 0 Å². The quantitative estimate of drug-likeness (QED) is 0.00675. The minimum absolute atomic E-state index is 0. The standard InChI is InChI=1S/C23H43O8P.C21H42NO6P.2C21H41O7P.Na/c1-3-4-5-6-7-8-9-10-11-12-13-14-15-16-17-18-23(25)29-19-22(31-21(2)24)20-30-32(26,27)28;3*1-2-3-4-5-6-7-8-9-10-11-12-13-14-15-16-17-21(23)27-18-20(22)19-28-29(24,25)26;/h10-11,22H,3-9,12-20H2,1-2H3,(H2,26,27,28);9-10,20H,2-8,11-19,22H2,1H3,(H2,24,25,26);2*9-10,20,22H,2-8,11-19H2,1H3,(H2,24,25,26);/q;;;;+1/p-1/b11-10-;3*10-9-;/t22-;3*20-;/m1111./s1. The summed E-state index contributed by atoms with van der Waals surface area (Å²) >= 11 is 0. The Labute approximate surface area is 745 Å². The van der Waals surface area contributed by atoms with E-state index in [1.165, 1.54) is 199 Å². The first-order valence-electron chi connectivity index (χ1n) is 45.1. The maximum atomic E-state index is 11.8. The van der Waals surface area contributed by atoms with Crippen molar-refractivity contribution in [3.8, 4) is 0 Å². The first-order valence-corrected chi connectivity index (χ1v) is 51.2. The average molecular weight is 1810 g/mol. The van der Waals surface area contributed by atoms with Crippen molar-refractivity contribution in [2.45, 2.75) is 419 Å². The van der Waals surface area contributed by atoms with Gasteiger partial charge in [0, 0.05) is 32.6 Å². The molecule has 1 unspecified atom stereocenters. The molecular formula is C86H166NNaO28P4. The molecule has 0 aromatic heterocycles. The molecule has 0 radical (unpaired) electrons. The molecule has 0 bridgehead atoms. The van der Waals surface area contributed by atoms with Gasteiger partial charge in [-0.25, -0.2) is 13.7 Å². The summed E-state index contributed by atoms with van der Waals surface area (Å²) in [4.78, 5) is 128. The molecule has 0 aromatic carbocycles. The molecular weight excluding hydrogens is 1640 g/mol. The van der Waals surface area contributed by atoms with Crippen molar-refractivity contribution in [3.05, 3.63) is 48.6 Å². The van der Waals surface area contributed by atoms with Crippen molar-refractivity contribution >= 4 is 61.1 Å². The Morgan fingerprint density at radius 2 is 0.508 bits per heavy atom. The van der Waals surface area contributed by atoms with Crippen LogP contribution in [0.4, 0.5) is 0 Å². The zero-order valence-corrected chi connectivity index (χ0v) is 80.4. The van der Waals surface area contributed by atoms with Gasteiger partial charge in [0.05, 0.1) is 32.5 Å². The molecule has 0 heterocycles. The van der Waals surface area contributed by atoms with Gasteiger partial charge in [0.15, 0.2) is 6.10 Å². The third kappa shape index (κ3) is 118. The van der Waals surface area contributed by atoms with Crippen LogP contribution in [0, 0.1) is 0 Å². The normalized spacial score (nSPS) is 13.3. The minimum atomic E-state index is -4.87. The molecule has 34 heteroatoms. The maximum Gasteiger partial charge on any atom is 1.00 e. The van der Waals surface area contributed by atoms with Gasteiger partial charge in [0.1, 0.15) is 38.6 Å². The Hall–Kier alpha value is -2.37. The largest absolute Gasteiger partial charge is 1.00 e. The number of unbranched alkanes of at least 4 members (excludes halogenated alkanes) is 44. The second-order valence-corrected chi connectivity index (χ2v) is 35.4. The predicted molar refractivity (Wildman–Crippen MR) is 467 cm³/mol. The number of allylic oxidation sites excluding steroid dienone is 8. The molecule has 0 rings (SSSR count). The fourth-order valence-corrected chi connectivity index (χ4v) is 13.1. The van der Waals surface area contributed by atoms with E-state index in [9.17, 15) is 57.3 Å². The number of rotatable bonds is 81. The van der Waals surface area contributed by atoms with Crippen molar-refractivity contribution in [2.24, 2.45) is 5.73 Å². The molecule has 120 heavy (non-hydrogen) atoms. The number of ether oxygens (including phenoxy) is 5. The Morgan fingerprint density at radius 1 is 0.300 bits per heavy atom. The van der Waals surface area contributed by atoms with Gasteiger partial charge in [-0.05, 0) is 128 Å². The van der Waals surface area contributed by atoms with Crippen molar-refractivity contribution in [3.63, 3.8) is 0 Å². The number of phosphoric ester groups is 4. The van der Waals surface area contributed by atoms with Crippen molar-refractivity contribution in [2.75, 3.05) is 52.9 Å². The molecule has 29 nitrogen and oxygen atoms in total. The first kappa shape index (κ1) is 126. The number of carbonyl (C=O) groups excluding carboxylic acids is 5. The number of nitrogens with two attached hydrogens (primary N) is 1. The Balaban J connectivity index is -0.000000489. The molecule has 11 N–H and O–H groups in total. The zero-order chi connectivity index (χ0) is 89.5. The van der Waals surface area contributed by atoms with Gasteiger partial charge >= 0.3 is 82.9 Å². The molecule has 704 valence electrons. The molecule has 0 aliphatic carbocycles. The van der Waals surface area contributed by atoms with Crippen LogP contribution in [0.1, 0.15) is 394 Å². The SMILES string of the molecule is CCCCCCCC/C=C\CCCCCCCC(=O)OC[C@@H](N)COP(=O)(O)O.CCCCCCCC/C=C\CCCCCCCC(=O)OC[C@@H](O)COP(=O)(O)O.CCCCCCCC/C=C\CCCCCCCC(=O)OC[C@@H](O)COP(=O)([O-])O.CCCCCCCC/C=C\CCCCCCCC(=O)OC[C@H](COP(=O)(O)O)OC(C)=O.[Na+]. The number of phosphoric acid groups is 4. The number of aliphatic hydroxyl groups is 2. The Bertz CT molecular complexity index is 2460. The first-order chi connectivity index (χ1) is 56.8. The summed E-state index contributed by atoms with van der Waals surface area (Å²) in [5.41, 5.74) is 5.56. The van der Waals surface area contributed by atoms with E-state index in [2.05, 4.69) is 94.4 Å². The van der Waals surface area contributed by atoms with Gasteiger partial charge in [0.25, 0.3) is 7.82 Å². The van der Waals surface area contributed by atoms with Crippen LogP contribution in [-0.4, -0.2) is 152 Å². The molecule has 5 atom stereocenters. The van der Waals surface area contributed by atoms with E-state index in [4.69, 9.17) is 63.7 Å². The molecule has 0 saturated heterocycles. The van der Waals surface area contributed by atoms with Crippen LogP contribution >= 0.6 is 31.3 Å². The van der Waals surface area contributed by atoms with Crippen LogP contribution in [0.5, 0.6) is 0 Å². The van der Waals surface area contributed by atoms with Crippen molar-refractivity contribution < 1.29 is 163 Å². The minimum Gasteiger partial charge on any atom is -0.756 e. The second kappa shape index (κ2) is 92.8. The van der Waals surface area contributed by atoms with Gasteiger partial charge in [-0.3, -0.25) is 42.1 Å². The number of hydrogen-bond donors (Lipinski definition) is 10. The summed E-state index contributed by atoms with van der Waals surface area (Å²) in [6, 6.07) is -0.749.